The van der Waals surface area contributed by atoms with Crippen molar-refractivity contribution in [2.75, 3.05) is 0 Å². The highest BCUT2D eigenvalue weighted by molar-refractivity contribution is 5.73. The molecule has 0 amide bonds. The van der Waals surface area contributed by atoms with Gasteiger partial charge in [-0.25, -0.2) is 19.6 Å². The second kappa shape index (κ2) is 10.5. The van der Waals surface area contributed by atoms with Crippen LogP contribution in [0.25, 0.3) is 0 Å². The molecule has 0 unspecified atom stereocenters. The maximum atomic E-state index is 11.6. The van der Waals surface area contributed by atoms with Gasteiger partial charge in [0.2, 0.25) is 0 Å². The third-order valence-corrected chi connectivity index (χ3v) is 6.83. The van der Waals surface area contributed by atoms with E-state index < -0.39 is 11.2 Å². The molecule has 2 saturated heterocycles. The molecule has 32 heavy (non-hydrogen) atoms. The molecule has 0 spiro atoms. The highest BCUT2D eigenvalue weighted by Crippen LogP contribution is 2.44. The van der Waals surface area contributed by atoms with Gasteiger partial charge in [-0.15, -0.1) is 0 Å². The van der Waals surface area contributed by atoms with Gasteiger partial charge in [0.15, 0.2) is 0 Å². The van der Waals surface area contributed by atoms with Gasteiger partial charge in [0.05, 0.1) is 6.42 Å². The summed E-state index contributed by atoms with van der Waals surface area (Å²) >= 11 is 0. The molecule has 3 aliphatic heterocycles. The predicted molar refractivity (Wildman–Crippen MR) is 119 cm³/mol. The minimum absolute atomic E-state index is 0.0493. The fourth-order valence-electron chi connectivity index (χ4n) is 5.02. The van der Waals surface area contributed by atoms with Crippen molar-refractivity contribution in [3.05, 3.63) is 48.0 Å². The van der Waals surface area contributed by atoms with Crippen molar-refractivity contribution >= 4 is 5.97 Å². The molecular formula is C26H36O6. The van der Waals surface area contributed by atoms with Gasteiger partial charge in [-0.3, -0.25) is 4.79 Å². The zero-order valence-corrected chi connectivity index (χ0v) is 19.3. The summed E-state index contributed by atoms with van der Waals surface area (Å²) < 4.78 is 5.53. The molecule has 0 aromatic heterocycles. The average molecular weight is 445 g/mol. The zero-order valence-electron chi connectivity index (χ0n) is 19.3. The largest absolute Gasteiger partial charge is 0.456 e. The Bertz CT molecular complexity index is 780. The summed E-state index contributed by atoms with van der Waals surface area (Å²) in [4.78, 5) is 33.9. The molecule has 0 N–H and O–H groups in total. The van der Waals surface area contributed by atoms with E-state index in [-0.39, 0.29) is 30.7 Å². The van der Waals surface area contributed by atoms with E-state index in [0.717, 1.165) is 31.2 Å². The molecule has 6 heteroatoms. The molecule has 0 aliphatic carbocycles. The number of fused-ring (bicyclic) bond motifs is 1. The molecule has 1 aromatic rings. The Labute approximate surface area is 191 Å². The van der Waals surface area contributed by atoms with Gasteiger partial charge in [-0.05, 0) is 38.3 Å². The van der Waals surface area contributed by atoms with Crippen LogP contribution in [0.15, 0.2) is 42.5 Å². The summed E-state index contributed by atoms with van der Waals surface area (Å²) in [6.45, 7) is 4.02. The van der Waals surface area contributed by atoms with Crippen molar-refractivity contribution in [1.29, 1.82) is 0 Å². The lowest BCUT2D eigenvalue weighted by Gasteiger charge is -2.43. The minimum Gasteiger partial charge on any atom is -0.456 e. The average Bonchev–Trinajstić information content (AvgIpc) is 3.09. The molecule has 0 saturated carbocycles. The summed E-state index contributed by atoms with van der Waals surface area (Å²) in [7, 11) is 0. The van der Waals surface area contributed by atoms with E-state index in [2.05, 4.69) is 19.1 Å². The monoisotopic (exact) mass is 444 g/mol. The number of esters is 1. The topological polar surface area (TPSA) is 63.2 Å². The molecule has 6 nitrogen and oxygen atoms in total. The van der Waals surface area contributed by atoms with Crippen LogP contribution in [0, 0.1) is 0 Å². The number of benzene rings is 1. The van der Waals surface area contributed by atoms with E-state index in [0.29, 0.717) is 6.42 Å². The van der Waals surface area contributed by atoms with Crippen LogP contribution < -0.4 is 0 Å². The normalized spacial score (nSPS) is 34.3. The second-order valence-electron chi connectivity index (χ2n) is 9.89. The number of unbranched alkanes of at least 4 members (excludes halogenated alkanes) is 5. The van der Waals surface area contributed by atoms with Gasteiger partial charge in [-0.1, -0.05) is 74.9 Å². The highest BCUT2D eigenvalue weighted by atomic mass is 17.2. The van der Waals surface area contributed by atoms with Crippen LogP contribution in [0.3, 0.4) is 0 Å². The first-order valence-electron chi connectivity index (χ1n) is 12.1. The first-order valence-corrected chi connectivity index (χ1v) is 12.1. The van der Waals surface area contributed by atoms with E-state index in [1.165, 1.54) is 25.7 Å². The summed E-state index contributed by atoms with van der Waals surface area (Å²) in [5, 5.41) is 0. The maximum Gasteiger partial charge on any atom is 0.309 e. The summed E-state index contributed by atoms with van der Waals surface area (Å²) in [6.07, 6.45) is 13.8. The SMILES string of the molecule is C[C@]1(CCCCCCCC[C@@H]2C=C[C@@H](c3ccccc3)OO2)C[C@]2(C)OC(=O)C[C@@H]2OO1. The predicted octanol–water partition coefficient (Wildman–Crippen LogP) is 5.92. The van der Waals surface area contributed by atoms with Crippen LogP contribution in [0.1, 0.15) is 89.7 Å². The lowest BCUT2D eigenvalue weighted by Crippen LogP contribution is -2.51. The number of rotatable bonds is 10. The third kappa shape index (κ3) is 5.98. The Hall–Kier alpha value is -1.73. The van der Waals surface area contributed by atoms with Gasteiger partial charge in [0.1, 0.15) is 29.5 Å². The van der Waals surface area contributed by atoms with Crippen LogP contribution >= 0.6 is 0 Å². The van der Waals surface area contributed by atoms with Crippen molar-refractivity contribution in [3.63, 3.8) is 0 Å². The van der Waals surface area contributed by atoms with E-state index >= 15 is 0 Å². The molecule has 0 bridgehead atoms. The van der Waals surface area contributed by atoms with Crippen LogP contribution in [0.4, 0.5) is 0 Å². The van der Waals surface area contributed by atoms with Crippen molar-refractivity contribution in [3.8, 4) is 0 Å². The molecule has 5 atom stereocenters. The van der Waals surface area contributed by atoms with E-state index in [1.54, 1.807) is 0 Å². The van der Waals surface area contributed by atoms with Crippen LogP contribution in [0.5, 0.6) is 0 Å². The number of carbonyl (C=O) groups excluding carboxylic acids is 1. The quantitative estimate of drug-likeness (QED) is 0.193. The zero-order chi connectivity index (χ0) is 22.4. The standard InChI is InChI=1S/C26H36O6/c1-25(19-26(2)23(31-32-25)18-24(27)28-26)17-11-6-4-3-5-10-14-21-15-16-22(30-29-21)20-12-8-7-9-13-20/h7-9,12-13,15-16,21-23H,3-6,10-11,14,17-19H2,1-2H3/t21-,22+,23+,25+,26+/m1/s1. The molecular weight excluding hydrogens is 408 g/mol. The van der Waals surface area contributed by atoms with Crippen molar-refractivity contribution in [2.24, 2.45) is 0 Å². The van der Waals surface area contributed by atoms with Gasteiger partial charge < -0.3 is 4.74 Å². The Balaban J connectivity index is 1.05. The van der Waals surface area contributed by atoms with Crippen molar-refractivity contribution in [2.45, 2.75) is 108 Å². The number of hydrogen-bond acceptors (Lipinski definition) is 6. The van der Waals surface area contributed by atoms with E-state index in [9.17, 15) is 4.79 Å². The van der Waals surface area contributed by atoms with E-state index in [4.69, 9.17) is 24.3 Å². The Morgan fingerprint density at radius 2 is 1.66 bits per heavy atom. The lowest BCUT2D eigenvalue weighted by atomic mass is 9.82. The maximum absolute atomic E-state index is 11.6. The minimum atomic E-state index is -0.551. The summed E-state index contributed by atoms with van der Waals surface area (Å²) in [5.41, 5.74) is 0.169. The molecule has 1 aromatic carbocycles. The first-order chi connectivity index (χ1) is 15.5. The lowest BCUT2D eigenvalue weighted by molar-refractivity contribution is -0.428. The second-order valence-corrected chi connectivity index (χ2v) is 9.89. The van der Waals surface area contributed by atoms with Crippen LogP contribution in [0.2, 0.25) is 0 Å². The molecule has 0 radical (unpaired) electrons. The van der Waals surface area contributed by atoms with Crippen molar-refractivity contribution < 1.29 is 29.1 Å². The van der Waals surface area contributed by atoms with Gasteiger partial charge in [0, 0.05) is 6.42 Å². The first kappa shape index (κ1) is 23.4. The summed E-state index contributed by atoms with van der Waals surface area (Å²) in [5.74, 6) is -0.193. The fourth-order valence-corrected chi connectivity index (χ4v) is 5.02. The Morgan fingerprint density at radius 3 is 2.41 bits per heavy atom. The van der Waals surface area contributed by atoms with Crippen molar-refractivity contribution in [1.82, 2.24) is 0 Å². The number of ether oxygens (including phenoxy) is 1. The molecule has 2 fully saturated rings. The third-order valence-electron chi connectivity index (χ3n) is 6.83. The number of carbonyl (C=O) groups is 1. The van der Waals surface area contributed by atoms with Gasteiger partial charge >= 0.3 is 5.97 Å². The van der Waals surface area contributed by atoms with Gasteiger partial charge in [0.25, 0.3) is 0 Å². The highest BCUT2D eigenvalue weighted by Gasteiger charge is 2.55. The summed E-state index contributed by atoms with van der Waals surface area (Å²) in [6, 6.07) is 10.1. The molecule has 176 valence electrons. The van der Waals surface area contributed by atoms with Gasteiger partial charge in [-0.2, -0.15) is 0 Å². The fraction of sp³-hybridized carbons (Fsp3) is 0.654. The smallest absolute Gasteiger partial charge is 0.309 e. The molecule has 4 rings (SSSR count). The molecule has 3 heterocycles. The molecule has 3 aliphatic rings. The number of hydrogen-bond donors (Lipinski definition) is 0. The Morgan fingerprint density at radius 1 is 0.906 bits per heavy atom. The van der Waals surface area contributed by atoms with Crippen LogP contribution in [-0.2, 0) is 29.1 Å². The van der Waals surface area contributed by atoms with Crippen LogP contribution in [-0.4, -0.2) is 29.4 Å². The Kier molecular flexibility index (Phi) is 7.66. The van der Waals surface area contributed by atoms with E-state index in [1.807, 2.05) is 37.3 Å².